The van der Waals surface area contributed by atoms with Crippen molar-refractivity contribution in [1.29, 1.82) is 0 Å². The number of hydrogen-bond acceptors (Lipinski definition) is 11. The van der Waals surface area contributed by atoms with Crippen molar-refractivity contribution < 1.29 is 48.0 Å². The summed E-state index contributed by atoms with van der Waals surface area (Å²) in [7, 11) is 5.19. The second kappa shape index (κ2) is 19.4. The number of aliphatic carboxylic acids is 1. The summed E-state index contributed by atoms with van der Waals surface area (Å²) in [4.78, 5) is 62.5. The Balaban J connectivity index is 5.39. The van der Waals surface area contributed by atoms with Gasteiger partial charge in [0.25, 0.3) is 0 Å². The van der Waals surface area contributed by atoms with Gasteiger partial charge in [-0.25, -0.2) is 0 Å². The topological polar surface area (TPSA) is 149 Å². The molecule has 0 aliphatic rings. The van der Waals surface area contributed by atoms with Gasteiger partial charge >= 0.3 is 29.8 Å². The Labute approximate surface area is 219 Å². The number of rotatable bonds is 20. The van der Waals surface area contributed by atoms with Crippen LogP contribution in [0.1, 0.15) is 52.4 Å². The molecule has 0 aliphatic heterocycles. The molecule has 0 amide bonds. The van der Waals surface area contributed by atoms with Crippen LogP contribution in [0.4, 0.5) is 0 Å². The second-order valence-electron chi connectivity index (χ2n) is 9.10. The van der Waals surface area contributed by atoms with Gasteiger partial charge in [-0.05, 0) is 31.2 Å². The highest BCUT2D eigenvalue weighted by molar-refractivity contribution is 5.74. The monoisotopic (exact) mass is 532 g/mol. The Morgan fingerprint density at radius 1 is 0.676 bits per heavy atom. The zero-order valence-corrected chi connectivity index (χ0v) is 23.0. The lowest BCUT2D eigenvalue weighted by Gasteiger charge is -2.34. The molecule has 37 heavy (non-hydrogen) atoms. The summed E-state index contributed by atoms with van der Waals surface area (Å²) in [5.41, 5.74) is 0. The molecule has 0 rings (SSSR count). The predicted octanol–water partition coefficient (Wildman–Crippen LogP) is 1.35. The molecule has 0 saturated heterocycles. The van der Waals surface area contributed by atoms with Crippen molar-refractivity contribution >= 4 is 29.8 Å². The van der Waals surface area contributed by atoms with E-state index in [1.165, 1.54) is 28.4 Å². The van der Waals surface area contributed by atoms with Crippen LogP contribution in [0.15, 0.2) is 0 Å². The molecule has 0 aromatic heterocycles. The fraction of sp³-hybridized carbons (Fsp3) is 0.800. The van der Waals surface area contributed by atoms with Crippen LogP contribution < -0.4 is 0 Å². The molecule has 0 aromatic carbocycles. The first-order valence-corrected chi connectivity index (χ1v) is 12.4. The van der Waals surface area contributed by atoms with Crippen molar-refractivity contribution in [2.24, 2.45) is 11.8 Å². The molecule has 0 spiro atoms. The number of methoxy groups -OCH3 is 4. The van der Waals surface area contributed by atoms with E-state index >= 15 is 0 Å². The third-order valence-corrected chi connectivity index (χ3v) is 6.13. The first-order chi connectivity index (χ1) is 17.5. The van der Waals surface area contributed by atoms with Crippen molar-refractivity contribution in [1.82, 2.24) is 9.80 Å². The zero-order chi connectivity index (χ0) is 28.4. The largest absolute Gasteiger partial charge is 0.480 e. The molecular weight excluding hydrogens is 488 g/mol. The Morgan fingerprint density at radius 2 is 1.11 bits per heavy atom. The summed E-state index contributed by atoms with van der Waals surface area (Å²) in [6, 6.07) is -0.886. The second-order valence-corrected chi connectivity index (χ2v) is 9.10. The molecule has 0 fully saturated rings. The van der Waals surface area contributed by atoms with Crippen LogP contribution in [0.25, 0.3) is 0 Å². The summed E-state index contributed by atoms with van der Waals surface area (Å²) in [5, 5.41) is 10.1. The molecule has 3 atom stereocenters. The van der Waals surface area contributed by atoms with Crippen LogP contribution in [0.5, 0.6) is 0 Å². The summed E-state index contributed by atoms with van der Waals surface area (Å²) >= 11 is 0. The van der Waals surface area contributed by atoms with Gasteiger partial charge < -0.3 is 29.0 Å². The normalized spacial score (nSPS) is 13.5. The molecular formula is C25H44N2O10. The molecule has 12 nitrogen and oxygen atoms in total. The number of carbonyl (C=O) groups excluding carboxylic acids is 4. The van der Waals surface area contributed by atoms with Crippen molar-refractivity contribution in [3.05, 3.63) is 0 Å². The van der Waals surface area contributed by atoms with E-state index in [4.69, 9.17) is 14.2 Å². The molecule has 12 heteroatoms. The molecule has 3 unspecified atom stereocenters. The van der Waals surface area contributed by atoms with Gasteiger partial charge in [0, 0.05) is 32.6 Å². The maximum Gasteiger partial charge on any atom is 0.321 e. The van der Waals surface area contributed by atoms with Gasteiger partial charge in [0.2, 0.25) is 0 Å². The van der Waals surface area contributed by atoms with Gasteiger partial charge in [-0.2, -0.15) is 0 Å². The number of carbonyl (C=O) groups is 5. The maximum atomic E-state index is 12.3. The molecule has 1 N–H and O–H groups in total. The fourth-order valence-corrected chi connectivity index (χ4v) is 4.29. The Hall–Kier alpha value is -2.73. The van der Waals surface area contributed by atoms with Gasteiger partial charge in [0.1, 0.15) is 6.04 Å². The van der Waals surface area contributed by atoms with E-state index in [1.54, 1.807) is 4.90 Å². The lowest BCUT2D eigenvalue weighted by molar-refractivity contribution is -0.148. The molecule has 0 aliphatic carbocycles. The van der Waals surface area contributed by atoms with E-state index in [0.717, 1.165) is 0 Å². The highest BCUT2D eigenvalue weighted by atomic mass is 16.5. The van der Waals surface area contributed by atoms with Crippen LogP contribution in [-0.4, -0.2) is 112 Å². The highest BCUT2D eigenvalue weighted by Gasteiger charge is 2.32. The third kappa shape index (κ3) is 15.2. The molecule has 0 bridgehead atoms. The molecule has 0 aromatic rings. The number of nitrogens with zero attached hydrogens (tertiary/aromatic N) is 2. The Bertz CT molecular complexity index is 710. The Morgan fingerprint density at radius 3 is 1.54 bits per heavy atom. The van der Waals surface area contributed by atoms with Crippen LogP contribution >= 0.6 is 0 Å². The molecule has 0 heterocycles. The summed E-state index contributed by atoms with van der Waals surface area (Å²) in [5.74, 6) is -2.84. The van der Waals surface area contributed by atoms with E-state index in [2.05, 4.69) is 4.74 Å². The van der Waals surface area contributed by atoms with E-state index < -0.39 is 18.0 Å². The maximum absolute atomic E-state index is 12.3. The number of hydrogen-bond donors (Lipinski definition) is 1. The van der Waals surface area contributed by atoms with Gasteiger partial charge in [0.05, 0.1) is 47.7 Å². The third-order valence-electron chi connectivity index (χ3n) is 6.13. The predicted molar refractivity (Wildman–Crippen MR) is 134 cm³/mol. The van der Waals surface area contributed by atoms with Gasteiger partial charge in [-0.15, -0.1) is 0 Å². The molecule has 0 saturated carbocycles. The average Bonchev–Trinajstić information content (AvgIpc) is 2.87. The number of esters is 4. The van der Waals surface area contributed by atoms with E-state index in [-0.39, 0.29) is 62.0 Å². The number of carboxylic acids is 1. The minimum absolute atomic E-state index is 0.0234. The van der Waals surface area contributed by atoms with Gasteiger partial charge in [-0.1, -0.05) is 13.8 Å². The summed E-state index contributed by atoms with van der Waals surface area (Å²) in [6.07, 6.45) is 1.41. The number of carboxylic acid groups (broad SMARTS) is 1. The highest BCUT2D eigenvalue weighted by Crippen LogP contribution is 2.22. The zero-order valence-electron chi connectivity index (χ0n) is 23.0. The summed E-state index contributed by atoms with van der Waals surface area (Å²) in [6.45, 7) is 5.62. The van der Waals surface area contributed by atoms with E-state index in [9.17, 15) is 29.1 Å². The first-order valence-electron chi connectivity index (χ1n) is 12.4. The Kier molecular flexibility index (Phi) is 18.0. The van der Waals surface area contributed by atoms with Gasteiger partial charge in [0.15, 0.2) is 0 Å². The minimum Gasteiger partial charge on any atom is -0.480 e. The van der Waals surface area contributed by atoms with Crippen molar-refractivity contribution in [2.45, 2.75) is 58.4 Å². The van der Waals surface area contributed by atoms with Crippen LogP contribution in [0.2, 0.25) is 0 Å². The van der Waals surface area contributed by atoms with Crippen LogP contribution in [0.3, 0.4) is 0 Å². The van der Waals surface area contributed by atoms with Crippen LogP contribution in [0, 0.1) is 11.8 Å². The lowest BCUT2D eigenvalue weighted by atomic mass is 9.89. The SMILES string of the molecule is COC(=O)CCCN(CCC(=O)OC)C(C(=O)O)C(C)CC(C)CN(CCC(=O)OC)CCC(=O)OC. The fourth-order valence-electron chi connectivity index (χ4n) is 4.29. The summed E-state index contributed by atoms with van der Waals surface area (Å²) < 4.78 is 18.8. The van der Waals surface area contributed by atoms with Gasteiger partial charge in [-0.3, -0.25) is 28.9 Å². The molecule has 214 valence electrons. The number of ether oxygens (including phenoxy) is 4. The first kappa shape index (κ1) is 34.3. The van der Waals surface area contributed by atoms with Crippen molar-refractivity contribution in [3.8, 4) is 0 Å². The van der Waals surface area contributed by atoms with E-state index in [1.807, 2.05) is 18.7 Å². The molecule has 0 radical (unpaired) electrons. The lowest BCUT2D eigenvalue weighted by Crippen LogP contribution is -2.47. The smallest absolute Gasteiger partial charge is 0.321 e. The van der Waals surface area contributed by atoms with E-state index in [0.29, 0.717) is 39.0 Å². The van der Waals surface area contributed by atoms with Crippen molar-refractivity contribution in [3.63, 3.8) is 0 Å². The average molecular weight is 533 g/mol. The quantitative estimate of drug-likeness (QED) is 0.178. The minimum atomic E-state index is -1.02. The van der Waals surface area contributed by atoms with Crippen molar-refractivity contribution in [2.75, 3.05) is 61.2 Å². The standard InChI is InChI=1S/C25H44N2O10/c1-18(17-26(13-9-21(29)35-4)14-10-22(30)36-5)16-19(2)24(25(32)33)27(15-11-23(31)37-6)12-7-8-20(28)34-3/h18-19,24H,7-17H2,1-6H3,(H,32,33). The van der Waals surface area contributed by atoms with Crippen LogP contribution in [-0.2, 0) is 42.9 Å².